The van der Waals surface area contributed by atoms with Crippen LogP contribution in [0, 0.1) is 11.6 Å². The summed E-state index contributed by atoms with van der Waals surface area (Å²) in [6.07, 6.45) is 0. The average Bonchev–Trinajstić information content (AvgIpc) is 2.41. The zero-order valence-corrected chi connectivity index (χ0v) is 12.2. The molecule has 0 aliphatic rings. The summed E-state index contributed by atoms with van der Waals surface area (Å²) in [5.41, 5.74) is 5.31. The van der Waals surface area contributed by atoms with E-state index in [-0.39, 0.29) is 16.0 Å². The molecule has 0 saturated heterocycles. The van der Waals surface area contributed by atoms with Gasteiger partial charge >= 0.3 is 0 Å². The Morgan fingerprint density at radius 1 is 1.10 bits per heavy atom. The van der Waals surface area contributed by atoms with Gasteiger partial charge in [0.15, 0.2) is 5.82 Å². The van der Waals surface area contributed by atoms with Crippen LogP contribution in [0.25, 0.3) is 16.5 Å². The number of benzene rings is 2. The molecule has 2 aromatic carbocycles. The molecule has 0 atom stereocenters. The summed E-state index contributed by atoms with van der Waals surface area (Å²) in [5, 5.41) is 1.07. The highest BCUT2D eigenvalue weighted by Gasteiger charge is 2.16. The number of rotatable bonds is 1. The van der Waals surface area contributed by atoms with Crippen molar-refractivity contribution in [2.45, 2.75) is 0 Å². The second-order valence-electron chi connectivity index (χ2n) is 4.52. The van der Waals surface area contributed by atoms with Crippen LogP contribution in [0.4, 0.5) is 14.6 Å². The first-order valence-electron chi connectivity index (χ1n) is 6.04. The second kappa shape index (κ2) is 4.96. The first kappa shape index (κ1) is 13.8. The van der Waals surface area contributed by atoms with Gasteiger partial charge in [0.25, 0.3) is 5.56 Å². The van der Waals surface area contributed by atoms with E-state index < -0.39 is 17.2 Å². The van der Waals surface area contributed by atoms with Gasteiger partial charge < -0.3 is 5.73 Å². The number of hydrogen-bond acceptors (Lipinski definition) is 2. The Morgan fingerprint density at radius 2 is 1.81 bits per heavy atom. The molecule has 0 fully saturated rings. The second-order valence-corrected chi connectivity index (χ2v) is 5.37. The van der Waals surface area contributed by atoms with Crippen molar-refractivity contribution >= 4 is 32.5 Å². The molecule has 0 saturated carbocycles. The summed E-state index contributed by atoms with van der Waals surface area (Å²) in [7, 11) is 0. The fraction of sp³-hybridized carbons (Fsp3) is 0. The van der Waals surface area contributed by atoms with E-state index in [0.717, 1.165) is 10.6 Å². The molecule has 3 aromatic rings. The topological polar surface area (TPSA) is 48.0 Å². The highest BCUT2D eigenvalue weighted by Crippen LogP contribution is 2.27. The highest BCUT2D eigenvalue weighted by atomic mass is 79.9. The number of pyridine rings is 1. The van der Waals surface area contributed by atoms with E-state index in [9.17, 15) is 13.6 Å². The lowest BCUT2D eigenvalue weighted by atomic mass is 10.1. The lowest BCUT2D eigenvalue weighted by Crippen LogP contribution is -2.22. The van der Waals surface area contributed by atoms with Crippen molar-refractivity contribution in [1.29, 1.82) is 0 Å². The van der Waals surface area contributed by atoms with Gasteiger partial charge in [0, 0.05) is 15.9 Å². The van der Waals surface area contributed by atoms with Gasteiger partial charge in [-0.3, -0.25) is 9.36 Å². The van der Waals surface area contributed by atoms with Crippen molar-refractivity contribution in [3.8, 4) is 5.69 Å². The third-order valence-corrected chi connectivity index (χ3v) is 3.77. The van der Waals surface area contributed by atoms with Crippen LogP contribution < -0.4 is 11.3 Å². The number of nitrogens with zero attached hydrogens (tertiary/aromatic N) is 1. The minimum atomic E-state index is -0.869. The molecule has 3 rings (SSSR count). The van der Waals surface area contributed by atoms with Gasteiger partial charge in [0.05, 0.1) is 0 Å². The number of fused-ring (bicyclic) bond motifs is 1. The van der Waals surface area contributed by atoms with Crippen molar-refractivity contribution in [1.82, 2.24) is 4.57 Å². The number of nitrogens with two attached hydrogens (primary N) is 1. The Kier molecular flexibility index (Phi) is 3.25. The molecule has 0 unspecified atom stereocenters. The van der Waals surface area contributed by atoms with Crippen molar-refractivity contribution < 1.29 is 8.78 Å². The standard InChI is InChI=1S/C15H9BrF2N2O/c16-11-6-9(17)7-12(18)14(11)20-13(19)5-8-3-1-2-4-10(8)15(20)21/h1-7H,19H2. The largest absolute Gasteiger partial charge is 0.385 e. The summed E-state index contributed by atoms with van der Waals surface area (Å²) >= 11 is 3.07. The highest BCUT2D eigenvalue weighted by molar-refractivity contribution is 9.10. The minimum absolute atomic E-state index is 0.0740. The summed E-state index contributed by atoms with van der Waals surface area (Å²) in [6.45, 7) is 0. The maximum atomic E-state index is 14.1. The predicted molar refractivity (Wildman–Crippen MR) is 81.6 cm³/mol. The quantitative estimate of drug-likeness (QED) is 0.728. The maximum Gasteiger partial charge on any atom is 0.264 e. The van der Waals surface area contributed by atoms with E-state index in [1.54, 1.807) is 30.3 Å². The summed E-state index contributed by atoms with van der Waals surface area (Å²) < 4.78 is 28.4. The van der Waals surface area contributed by atoms with Crippen LogP contribution in [-0.4, -0.2) is 4.57 Å². The van der Waals surface area contributed by atoms with Crippen LogP contribution in [0.15, 0.2) is 51.7 Å². The molecular formula is C15H9BrF2N2O. The fourth-order valence-corrected chi connectivity index (χ4v) is 2.84. The molecule has 6 heteroatoms. The minimum Gasteiger partial charge on any atom is -0.385 e. The number of halogens is 3. The van der Waals surface area contributed by atoms with Crippen LogP contribution in [0.5, 0.6) is 0 Å². The Hall–Kier alpha value is -2.21. The normalized spacial score (nSPS) is 11.0. The van der Waals surface area contributed by atoms with Crippen LogP contribution in [0.3, 0.4) is 0 Å². The molecule has 0 aliphatic carbocycles. The predicted octanol–water partition coefficient (Wildman–Crippen LogP) is 3.61. The zero-order chi connectivity index (χ0) is 15.1. The maximum absolute atomic E-state index is 14.1. The van der Waals surface area contributed by atoms with E-state index in [1.807, 2.05) is 0 Å². The molecule has 0 spiro atoms. The van der Waals surface area contributed by atoms with Gasteiger partial charge in [0.2, 0.25) is 0 Å². The Morgan fingerprint density at radius 3 is 2.52 bits per heavy atom. The molecule has 0 aliphatic heterocycles. The molecule has 3 nitrogen and oxygen atoms in total. The number of aromatic nitrogens is 1. The zero-order valence-electron chi connectivity index (χ0n) is 10.6. The summed E-state index contributed by atoms with van der Waals surface area (Å²) in [6, 6.07) is 10.2. The van der Waals surface area contributed by atoms with Crippen molar-refractivity contribution in [3.63, 3.8) is 0 Å². The van der Waals surface area contributed by atoms with Crippen LogP contribution >= 0.6 is 15.9 Å². The van der Waals surface area contributed by atoms with Crippen molar-refractivity contribution in [2.75, 3.05) is 5.73 Å². The van der Waals surface area contributed by atoms with Gasteiger partial charge in [-0.25, -0.2) is 8.78 Å². The van der Waals surface area contributed by atoms with Gasteiger partial charge in [-0.05, 0) is 39.5 Å². The van der Waals surface area contributed by atoms with E-state index in [2.05, 4.69) is 15.9 Å². The Labute approximate surface area is 126 Å². The van der Waals surface area contributed by atoms with E-state index >= 15 is 0 Å². The lowest BCUT2D eigenvalue weighted by molar-refractivity contribution is 0.575. The van der Waals surface area contributed by atoms with Gasteiger partial charge in [-0.1, -0.05) is 18.2 Å². The number of nitrogen functional groups attached to an aromatic ring is 1. The molecule has 1 heterocycles. The molecule has 2 N–H and O–H groups in total. The third-order valence-electron chi connectivity index (χ3n) is 3.16. The van der Waals surface area contributed by atoms with E-state index in [1.165, 1.54) is 0 Å². The third kappa shape index (κ3) is 2.21. The molecule has 0 bridgehead atoms. The van der Waals surface area contributed by atoms with E-state index in [4.69, 9.17) is 5.73 Å². The Balaban J connectivity index is 2.44. The Bertz CT molecular complexity index is 898. The van der Waals surface area contributed by atoms with E-state index in [0.29, 0.717) is 16.8 Å². The molecule has 106 valence electrons. The van der Waals surface area contributed by atoms with Crippen LogP contribution in [0.1, 0.15) is 0 Å². The molecule has 0 radical (unpaired) electrons. The van der Waals surface area contributed by atoms with Gasteiger partial charge in [0.1, 0.15) is 17.3 Å². The van der Waals surface area contributed by atoms with Crippen LogP contribution in [0.2, 0.25) is 0 Å². The SMILES string of the molecule is Nc1cc2ccccc2c(=O)n1-c1c(F)cc(F)cc1Br. The molecule has 1 aromatic heterocycles. The monoisotopic (exact) mass is 350 g/mol. The first-order valence-corrected chi connectivity index (χ1v) is 6.83. The van der Waals surface area contributed by atoms with Crippen LogP contribution in [-0.2, 0) is 0 Å². The molecule has 21 heavy (non-hydrogen) atoms. The molecular weight excluding hydrogens is 342 g/mol. The lowest BCUT2D eigenvalue weighted by Gasteiger charge is -2.14. The fourth-order valence-electron chi connectivity index (χ4n) is 2.26. The number of hydrogen-bond donors (Lipinski definition) is 1. The number of anilines is 1. The van der Waals surface area contributed by atoms with Gasteiger partial charge in [-0.15, -0.1) is 0 Å². The van der Waals surface area contributed by atoms with Gasteiger partial charge in [-0.2, -0.15) is 0 Å². The molecule has 0 amide bonds. The first-order chi connectivity index (χ1) is 9.99. The van der Waals surface area contributed by atoms with Crippen molar-refractivity contribution in [3.05, 3.63) is 68.9 Å². The van der Waals surface area contributed by atoms with Crippen molar-refractivity contribution in [2.24, 2.45) is 0 Å². The summed E-state index contributed by atoms with van der Waals surface area (Å²) in [4.78, 5) is 12.5. The average molecular weight is 351 g/mol. The summed E-state index contributed by atoms with van der Waals surface area (Å²) in [5.74, 6) is -1.54. The smallest absolute Gasteiger partial charge is 0.264 e.